The third-order valence-electron chi connectivity index (χ3n) is 4.01. The molecule has 7 nitrogen and oxygen atoms in total. The van der Waals surface area contributed by atoms with E-state index in [0.29, 0.717) is 5.56 Å². The van der Waals surface area contributed by atoms with Gasteiger partial charge in [0.15, 0.2) is 17.3 Å². The van der Waals surface area contributed by atoms with E-state index in [4.69, 9.17) is 0 Å². The van der Waals surface area contributed by atoms with E-state index in [1.165, 1.54) is 24.3 Å². The third kappa shape index (κ3) is 2.05. The monoisotopic (exact) mass is 318 g/mol. The first-order chi connectivity index (χ1) is 10.8. The second-order valence-electron chi connectivity index (χ2n) is 5.33. The average Bonchev–Trinajstić information content (AvgIpc) is 2.54. The number of phenolic OH excluding ortho intramolecular Hbond substituents is 5. The molecule has 1 unspecified atom stereocenters. The summed E-state index contributed by atoms with van der Waals surface area (Å²) in [5, 5.41) is 68.7. The SMILES string of the molecule is OC1=C(O)C(c2ccc(O)cc2)Cc2c(O)c(O)c(O)c(O)c21. The number of aliphatic hydroxyl groups excluding tert-OH is 2. The Morgan fingerprint density at radius 1 is 0.696 bits per heavy atom. The summed E-state index contributed by atoms with van der Waals surface area (Å²) in [5.74, 6) is -5.28. The number of fused-ring (bicyclic) bond motifs is 1. The van der Waals surface area contributed by atoms with Gasteiger partial charge >= 0.3 is 0 Å². The van der Waals surface area contributed by atoms with Crippen LogP contribution in [0.1, 0.15) is 22.6 Å². The molecule has 120 valence electrons. The maximum atomic E-state index is 10.2. The van der Waals surface area contributed by atoms with E-state index in [0.717, 1.165) is 0 Å². The molecule has 0 aliphatic heterocycles. The fourth-order valence-electron chi connectivity index (χ4n) is 2.78. The van der Waals surface area contributed by atoms with Crippen LogP contribution < -0.4 is 0 Å². The molecule has 0 fully saturated rings. The summed E-state index contributed by atoms with van der Waals surface area (Å²) in [6.45, 7) is 0. The summed E-state index contributed by atoms with van der Waals surface area (Å²) in [5.41, 5.74) is 0.209. The van der Waals surface area contributed by atoms with Gasteiger partial charge in [0, 0.05) is 11.5 Å². The minimum Gasteiger partial charge on any atom is -0.508 e. The van der Waals surface area contributed by atoms with Gasteiger partial charge in [-0.25, -0.2) is 0 Å². The number of hydrogen-bond donors (Lipinski definition) is 7. The number of rotatable bonds is 1. The van der Waals surface area contributed by atoms with Crippen molar-refractivity contribution in [2.45, 2.75) is 12.3 Å². The van der Waals surface area contributed by atoms with Crippen LogP contribution >= 0.6 is 0 Å². The van der Waals surface area contributed by atoms with Gasteiger partial charge in [-0.05, 0) is 24.1 Å². The second-order valence-corrected chi connectivity index (χ2v) is 5.33. The average molecular weight is 318 g/mol. The largest absolute Gasteiger partial charge is 0.508 e. The van der Waals surface area contributed by atoms with Crippen LogP contribution in [-0.4, -0.2) is 35.7 Å². The molecule has 0 aromatic heterocycles. The van der Waals surface area contributed by atoms with Gasteiger partial charge in [-0.2, -0.15) is 0 Å². The number of allylic oxidation sites excluding steroid dienone is 1. The lowest BCUT2D eigenvalue weighted by Gasteiger charge is -2.26. The van der Waals surface area contributed by atoms with E-state index in [2.05, 4.69) is 0 Å². The number of benzene rings is 2. The Bertz CT molecular complexity index is 822. The Hall–Kier alpha value is -3.22. The van der Waals surface area contributed by atoms with Gasteiger partial charge in [0.05, 0.1) is 5.56 Å². The number of aliphatic hydroxyl groups is 2. The fraction of sp³-hybridized carbons (Fsp3) is 0.125. The summed E-state index contributed by atoms with van der Waals surface area (Å²) in [6, 6.07) is 5.87. The molecule has 0 radical (unpaired) electrons. The second kappa shape index (κ2) is 4.91. The Morgan fingerprint density at radius 2 is 1.26 bits per heavy atom. The normalized spacial score (nSPS) is 17.1. The van der Waals surface area contributed by atoms with Crippen molar-refractivity contribution in [1.29, 1.82) is 0 Å². The van der Waals surface area contributed by atoms with Crippen molar-refractivity contribution in [1.82, 2.24) is 0 Å². The van der Waals surface area contributed by atoms with Crippen LogP contribution in [0.15, 0.2) is 30.0 Å². The lowest BCUT2D eigenvalue weighted by atomic mass is 9.81. The standard InChI is InChI=1S/C16H14O7/c17-7-3-1-6(2-4-7)8-5-9-10(13(20)11(8)18)14(21)16(23)15(22)12(9)19/h1-4,8,17-23H,5H2. The molecule has 1 aliphatic carbocycles. The van der Waals surface area contributed by atoms with E-state index in [1.54, 1.807) is 0 Å². The van der Waals surface area contributed by atoms with E-state index in [-0.39, 0.29) is 23.3 Å². The highest BCUT2D eigenvalue weighted by molar-refractivity contribution is 5.80. The Morgan fingerprint density at radius 3 is 1.87 bits per heavy atom. The number of aromatic hydroxyl groups is 5. The molecule has 0 saturated carbocycles. The highest BCUT2D eigenvalue weighted by Crippen LogP contribution is 2.53. The topological polar surface area (TPSA) is 142 Å². The van der Waals surface area contributed by atoms with Crippen LogP contribution in [0.2, 0.25) is 0 Å². The molecule has 0 amide bonds. The van der Waals surface area contributed by atoms with Crippen molar-refractivity contribution in [2.75, 3.05) is 0 Å². The minimum atomic E-state index is -0.983. The minimum absolute atomic E-state index is 0.00817. The summed E-state index contributed by atoms with van der Waals surface area (Å²) in [4.78, 5) is 0. The predicted molar refractivity (Wildman–Crippen MR) is 79.8 cm³/mol. The smallest absolute Gasteiger partial charge is 0.205 e. The first-order valence-electron chi connectivity index (χ1n) is 6.73. The van der Waals surface area contributed by atoms with Gasteiger partial charge in [0.25, 0.3) is 0 Å². The summed E-state index contributed by atoms with van der Waals surface area (Å²) < 4.78 is 0. The summed E-state index contributed by atoms with van der Waals surface area (Å²) >= 11 is 0. The predicted octanol–water partition coefficient (Wildman–Crippen LogP) is 2.34. The number of phenols is 5. The highest BCUT2D eigenvalue weighted by Gasteiger charge is 2.35. The first kappa shape index (κ1) is 14.7. The fourth-order valence-corrected chi connectivity index (χ4v) is 2.78. The Balaban J connectivity index is 2.21. The molecule has 2 aromatic rings. The van der Waals surface area contributed by atoms with Crippen molar-refractivity contribution in [3.8, 4) is 28.7 Å². The van der Waals surface area contributed by atoms with Gasteiger partial charge in [0.1, 0.15) is 11.5 Å². The lowest BCUT2D eigenvalue weighted by Crippen LogP contribution is -2.15. The van der Waals surface area contributed by atoms with Crippen LogP contribution in [0.3, 0.4) is 0 Å². The van der Waals surface area contributed by atoms with Crippen molar-refractivity contribution >= 4 is 5.76 Å². The van der Waals surface area contributed by atoms with Crippen molar-refractivity contribution < 1.29 is 35.7 Å². The Kier molecular flexibility index (Phi) is 3.14. The quantitative estimate of drug-likeness (QED) is 0.316. The molecule has 0 heterocycles. The highest BCUT2D eigenvalue weighted by atomic mass is 16.3. The Labute approximate surface area is 130 Å². The van der Waals surface area contributed by atoms with Crippen molar-refractivity contribution in [2.24, 2.45) is 0 Å². The molecule has 0 bridgehead atoms. The summed E-state index contributed by atoms with van der Waals surface area (Å²) in [7, 11) is 0. The zero-order valence-corrected chi connectivity index (χ0v) is 11.7. The van der Waals surface area contributed by atoms with Crippen molar-refractivity contribution in [3.05, 3.63) is 46.7 Å². The van der Waals surface area contributed by atoms with Gasteiger partial charge in [-0.1, -0.05) is 12.1 Å². The maximum Gasteiger partial charge on any atom is 0.205 e. The molecule has 1 aliphatic rings. The van der Waals surface area contributed by atoms with E-state index >= 15 is 0 Å². The third-order valence-corrected chi connectivity index (χ3v) is 4.01. The summed E-state index contributed by atoms with van der Waals surface area (Å²) in [6.07, 6.45) is -0.0385. The lowest BCUT2D eigenvalue weighted by molar-refractivity contribution is 0.318. The molecule has 0 saturated heterocycles. The van der Waals surface area contributed by atoms with Crippen LogP contribution in [0.5, 0.6) is 28.7 Å². The van der Waals surface area contributed by atoms with Gasteiger partial charge in [0.2, 0.25) is 11.5 Å². The van der Waals surface area contributed by atoms with Crippen LogP contribution in [0.25, 0.3) is 5.76 Å². The number of hydrogen-bond acceptors (Lipinski definition) is 7. The van der Waals surface area contributed by atoms with Crippen molar-refractivity contribution in [3.63, 3.8) is 0 Å². The zero-order valence-electron chi connectivity index (χ0n) is 11.7. The van der Waals surface area contributed by atoms with E-state index in [9.17, 15) is 35.7 Å². The molecule has 7 heteroatoms. The van der Waals surface area contributed by atoms with Gasteiger partial charge in [-0.3, -0.25) is 0 Å². The zero-order chi connectivity index (χ0) is 16.9. The molecule has 2 aromatic carbocycles. The van der Waals surface area contributed by atoms with Crippen LogP contribution in [0, 0.1) is 0 Å². The van der Waals surface area contributed by atoms with E-state index in [1.807, 2.05) is 0 Å². The molecular formula is C16H14O7. The van der Waals surface area contributed by atoms with Gasteiger partial charge < -0.3 is 35.7 Å². The van der Waals surface area contributed by atoms with Gasteiger partial charge in [-0.15, -0.1) is 0 Å². The molecule has 0 spiro atoms. The van der Waals surface area contributed by atoms with Crippen LogP contribution in [-0.2, 0) is 6.42 Å². The maximum absolute atomic E-state index is 10.2. The molecule has 1 atom stereocenters. The molecule has 7 N–H and O–H groups in total. The molecule has 23 heavy (non-hydrogen) atoms. The first-order valence-corrected chi connectivity index (χ1v) is 6.73. The molecule has 3 rings (SSSR count). The molecular weight excluding hydrogens is 304 g/mol. The van der Waals surface area contributed by atoms with E-state index < -0.39 is 40.4 Å². The van der Waals surface area contributed by atoms with Crippen LogP contribution in [0.4, 0.5) is 0 Å².